The van der Waals surface area contributed by atoms with Gasteiger partial charge < -0.3 is 10.1 Å². The molecule has 0 saturated carbocycles. The Labute approximate surface area is 112 Å². The van der Waals surface area contributed by atoms with Crippen molar-refractivity contribution in [1.29, 1.82) is 0 Å². The summed E-state index contributed by atoms with van der Waals surface area (Å²) in [5, 5.41) is 2.80. The molecule has 5 nitrogen and oxygen atoms in total. The van der Waals surface area contributed by atoms with Gasteiger partial charge in [-0.05, 0) is 39.8 Å². The van der Waals surface area contributed by atoms with Crippen molar-refractivity contribution in [2.75, 3.05) is 10.2 Å². The van der Waals surface area contributed by atoms with Crippen molar-refractivity contribution in [2.24, 2.45) is 0 Å². The predicted octanol–water partition coefficient (Wildman–Crippen LogP) is 2.77. The van der Waals surface area contributed by atoms with Crippen LogP contribution in [0.5, 0.6) is 0 Å². The van der Waals surface area contributed by atoms with Gasteiger partial charge in [0, 0.05) is 0 Å². The van der Waals surface area contributed by atoms with Gasteiger partial charge in [0.05, 0.1) is 17.5 Å². The maximum absolute atomic E-state index is 12.3. The lowest BCUT2D eigenvalue weighted by molar-refractivity contribution is -0.120. The Morgan fingerprint density at radius 1 is 1.32 bits per heavy atom. The molecule has 0 aromatic heterocycles. The molecule has 0 atom stereocenters. The lowest BCUT2D eigenvalue weighted by Crippen LogP contribution is -2.58. The number of fused-ring (bicyclic) bond motifs is 1. The lowest BCUT2D eigenvalue weighted by atomic mass is 9.97. The van der Waals surface area contributed by atoms with Crippen molar-refractivity contribution in [3.8, 4) is 0 Å². The molecule has 0 saturated heterocycles. The van der Waals surface area contributed by atoms with Gasteiger partial charge in [0.2, 0.25) is 5.91 Å². The second-order valence-corrected chi connectivity index (χ2v) is 5.30. The van der Waals surface area contributed by atoms with Gasteiger partial charge in [0.1, 0.15) is 5.54 Å². The molecule has 1 aliphatic rings. The molecule has 1 heterocycles. The van der Waals surface area contributed by atoms with E-state index in [1.807, 2.05) is 12.1 Å². The number of amides is 2. The number of hydrogen-bond donors (Lipinski definition) is 1. The average molecular weight is 262 g/mol. The molecule has 1 aromatic rings. The summed E-state index contributed by atoms with van der Waals surface area (Å²) in [6, 6.07) is 7.18. The Bertz CT molecular complexity index is 523. The highest BCUT2D eigenvalue weighted by Crippen LogP contribution is 2.37. The smallest absolute Gasteiger partial charge is 0.415 e. The van der Waals surface area contributed by atoms with E-state index in [1.165, 1.54) is 4.90 Å². The van der Waals surface area contributed by atoms with Crippen molar-refractivity contribution < 1.29 is 14.3 Å². The Morgan fingerprint density at radius 2 is 1.95 bits per heavy atom. The number of rotatable bonds is 1. The van der Waals surface area contributed by atoms with Gasteiger partial charge >= 0.3 is 6.09 Å². The van der Waals surface area contributed by atoms with E-state index in [4.69, 9.17) is 4.74 Å². The van der Waals surface area contributed by atoms with Crippen LogP contribution in [0.25, 0.3) is 0 Å². The molecule has 0 radical (unpaired) electrons. The maximum Gasteiger partial charge on any atom is 0.415 e. The van der Waals surface area contributed by atoms with E-state index < -0.39 is 11.6 Å². The van der Waals surface area contributed by atoms with Crippen LogP contribution < -0.4 is 10.2 Å². The number of ether oxygens (including phenoxy) is 1. The number of para-hydroxylation sites is 2. The first-order valence-corrected chi connectivity index (χ1v) is 6.25. The molecule has 0 unspecified atom stereocenters. The van der Waals surface area contributed by atoms with Crippen LogP contribution in [0.4, 0.5) is 16.2 Å². The molecule has 0 bridgehead atoms. The molecule has 1 aliphatic heterocycles. The molecule has 1 aromatic carbocycles. The van der Waals surface area contributed by atoms with Crippen LogP contribution in [0.3, 0.4) is 0 Å². The highest BCUT2D eigenvalue weighted by atomic mass is 16.6. The standard InChI is InChI=1S/C14H18N2O3/c1-9(2)19-13(18)16-11-8-6-5-7-10(11)15-12(17)14(16,3)4/h5-9H,1-4H3,(H,15,17). The summed E-state index contributed by atoms with van der Waals surface area (Å²) < 4.78 is 5.24. The highest BCUT2D eigenvalue weighted by Gasteiger charge is 2.44. The highest BCUT2D eigenvalue weighted by molar-refractivity contribution is 6.12. The van der Waals surface area contributed by atoms with Crippen LogP contribution in [-0.2, 0) is 9.53 Å². The third-order valence-electron chi connectivity index (χ3n) is 3.03. The van der Waals surface area contributed by atoms with Gasteiger partial charge in [-0.1, -0.05) is 12.1 Å². The van der Waals surface area contributed by atoms with Crippen LogP contribution in [0, 0.1) is 0 Å². The first-order chi connectivity index (χ1) is 8.84. The SMILES string of the molecule is CC(C)OC(=O)N1c2ccccc2NC(=O)C1(C)C. The summed E-state index contributed by atoms with van der Waals surface area (Å²) >= 11 is 0. The van der Waals surface area contributed by atoms with Gasteiger partial charge in [-0.3, -0.25) is 9.69 Å². The fraction of sp³-hybridized carbons (Fsp3) is 0.429. The van der Waals surface area contributed by atoms with Crippen LogP contribution in [0.2, 0.25) is 0 Å². The second kappa shape index (κ2) is 4.57. The van der Waals surface area contributed by atoms with E-state index in [9.17, 15) is 9.59 Å². The van der Waals surface area contributed by atoms with E-state index in [-0.39, 0.29) is 12.0 Å². The normalized spacial score (nSPS) is 16.9. The fourth-order valence-corrected chi connectivity index (χ4v) is 2.03. The molecule has 19 heavy (non-hydrogen) atoms. The van der Waals surface area contributed by atoms with Crippen molar-refractivity contribution >= 4 is 23.4 Å². The Morgan fingerprint density at radius 3 is 2.58 bits per heavy atom. The Kier molecular flexibility index (Phi) is 3.22. The first-order valence-electron chi connectivity index (χ1n) is 6.25. The average Bonchev–Trinajstić information content (AvgIpc) is 2.29. The Balaban J connectivity index is 2.48. The van der Waals surface area contributed by atoms with Crippen LogP contribution in [0.1, 0.15) is 27.7 Å². The fourth-order valence-electron chi connectivity index (χ4n) is 2.03. The van der Waals surface area contributed by atoms with Crippen LogP contribution in [0.15, 0.2) is 24.3 Å². The summed E-state index contributed by atoms with van der Waals surface area (Å²) in [4.78, 5) is 25.8. The van der Waals surface area contributed by atoms with Gasteiger partial charge in [-0.25, -0.2) is 4.79 Å². The topological polar surface area (TPSA) is 58.6 Å². The molecular formula is C14H18N2O3. The van der Waals surface area contributed by atoms with Crippen molar-refractivity contribution in [1.82, 2.24) is 0 Å². The molecule has 0 spiro atoms. The van der Waals surface area contributed by atoms with Gasteiger partial charge in [-0.2, -0.15) is 0 Å². The molecule has 2 amide bonds. The molecule has 0 aliphatic carbocycles. The zero-order chi connectivity index (χ0) is 14.2. The molecule has 102 valence electrons. The number of carbonyl (C=O) groups excluding carboxylic acids is 2. The maximum atomic E-state index is 12.3. The van der Waals surface area contributed by atoms with Crippen molar-refractivity contribution in [3.63, 3.8) is 0 Å². The predicted molar refractivity (Wildman–Crippen MR) is 73.2 cm³/mol. The van der Waals surface area contributed by atoms with Crippen LogP contribution in [-0.4, -0.2) is 23.6 Å². The molecule has 0 fully saturated rings. The zero-order valence-corrected chi connectivity index (χ0v) is 11.6. The number of nitrogens with zero attached hydrogens (tertiary/aromatic N) is 1. The van der Waals surface area contributed by atoms with E-state index in [0.29, 0.717) is 11.4 Å². The van der Waals surface area contributed by atoms with E-state index in [1.54, 1.807) is 39.8 Å². The summed E-state index contributed by atoms with van der Waals surface area (Å²) in [7, 11) is 0. The van der Waals surface area contributed by atoms with Crippen molar-refractivity contribution in [3.05, 3.63) is 24.3 Å². The Hall–Kier alpha value is -2.04. The lowest BCUT2D eigenvalue weighted by Gasteiger charge is -2.41. The van der Waals surface area contributed by atoms with E-state index in [2.05, 4.69) is 5.32 Å². The van der Waals surface area contributed by atoms with Gasteiger partial charge in [-0.15, -0.1) is 0 Å². The minimum Gasteiger partial charge on any atom is -0.446 e. The molecule has 5 heteroatoms. The summed E-state index contributed by atoms with van der Waals surface area (Å²) in [5.41, 5.74) is 0.283. The van der Waals surface area contributed by atoms with Crippen LogP contribution >= 0.6 is 0 Å². The second-order valence-electron chi connectivity index (χ2n) is 5.30. The molecule has 2 rings (SSSR count). The summed E-state index contributed by atoms with van der Waals surface area (Å²) in [5.74, 6) is -0.230. The summed E-state index contributed by atoms with van der Waals surface area (Å²) in [6.07, 6.45) is -0.747. The minimum absolute atomic E-state index is 0.230. The van der Waals surface area contributed by atoms with Crippen molar-refractivity contribution in [2.45, 2.75) is 39.3 Å². The first kappa shape index (κ1) is 13.4. The number of carbonyl (C=O) groups is 2. The van der Waals surface area contributed by atoms with E-state index >= 15 is 0 Å². The number of nitrogens with one attached hydrogen (secondary N) is 1. The van der Waals surface area contributed by atoms with Gasteiger partial charge in [0.25, 0.3) is 0 Å². The summed E-state index contributed by atoms with van der Waals surface area (Å²) in [6.45, 7) is 6.95. The van der Waals surface area contributed by atoms with E-state index in [0.717, 1.165) is 0 Å². The quantitative estimate of drug-likeness (QED) is 0.846. The zero-order valence-electron chi connectivity index (χ0n) is 11.6. The number of benzene rings is 1. The third kappa shape index (κ3) is 2.28. The largest absolute Gasteiger partial charge is 0.446 e. The minimum atomic E-state index is -0.986. The monoisotopic (exact) mass is 262 g/mol. The third-order valence-corrected chi connectivity index (χ3v) is 3.03. The molecular weight excluding hydrogens is 244 g/mol. The number of hydrogen-bond acceptors (Lipinski definition) is 3. The molecule has 1 N–H and O–H groups in total. The van der Waals surface area contributed by atoms with Gasteiger partial charge in [0.15, 0.2) is 0 Å². The number of anilines is 2.